The lowest BCUT2D eigenvalue weighted by Gasteiger charge is -2.13. The van der Waals surface area contributed by atoms with Crippen molar-refractivity contribution in [2.75, 3.05) is 6.54 Å². The van der Waals surface area contributed by atoms with Crippen LogP contribution in [0.25, 0.3) is 0 Å². The monoisotopic (exact) mass is 260 g/mol. The molecular weight excluding hydrogens is 240 g/mol. The summed E-state index contributed by atoms with van der Waals surface area (Å²) in [5.74, 6) is 1.73. The van der Waals surface area contributed by atoms with Crippen molar-refractivity contribution in [3.63, 3.8) is 0 Å². The van der Waals surface area contributed by atoms with E-state index in [0.29, 0.717) is 13.2 Å². The summed E-state index contributed by atoms with van der Waals surface area (Å²) in [7, 11) is 1.86. The maximum absolute atomic E-state index is 5.87. The number of nitrogens with zero attached hydrogens (tertiary/aromatic N) is 3. The summed E-state index contributed by atoms with van der Waals surface area (Å²) in [5, 5.41) is 4.02. The summed E-state index contributed by atoms with van der Waals surface area (Å²) < 4.78 is 7.59. The zero-order valence-electron chi connectivity index (χ0n) is 11.7. The van der Waals surface area contributed by atoms with Crippen LogP contribution in [0.15, 0.2) is 18.5 Å². The Morgan fingerprint density at radius 1 is 1.26 bits per heavy atom. The van der Waals surface area contributed by atoms with Crippen LogP contribution in [0.5, 0.6) is 5.75 Å². The van der Waals surface area contributed by atoms with Crippen LogP contribution >= 0.6 is 0 Å². The number of aromatic nitrogens is 3. The Labute approximate surface area is 113 Å². The minimum absolute atomic E-state index is 0.425. The minimum atomic E-state index is 0.425. The Balaban J connectivity index is 2.14. The van der Waals surface area contributed by atoms with E-state index in [2.05, 4.69) is 36.1 Å². The topological polar surface area (TPSA) is 66.0 Å². The van der Waals surface area contributed by atoms with E-state index < -0.39 is 0 Å². The fraction of sp³-hybridized carbons (Fsp3) is 0.429. The SMILES string of the molecule is Cc1cc(CCN)cc(C)c1OCc1ncnn1C. The van der Waals surface area contributed by atoms with Crippen LogP contribution in [0.4, 0.5) is 0 Å². The van der Waals surface area contributed by atoms with Crippen molar-refractivity contribution in [3.05, 3.63) is 41.0 Å². The molecule has 0 radical (unpaired) electrons. The minimum Gasteiger partial charge on any atom is -0.485 e. The molecular formula is C14H20N4O. The third-order valence-electron chi connectivity index (χ3n) is 3.10. The Morgan fingerprint density at radius 3 is 2.47 bits per heavy atom. The van der Waals surface area contributed by atoms with E-state index >= 15 is 0 Å². The molecule has 0 amide bonds. The first-order chi connectivity index (χ1) is 9.11. The number of rotatable bonds is 5. The second-order valence-electron chi connectivity index (χ2n) is 4.69. The van der Waals surface area contributed by atoms with Crippen LogP contribution in [0, 0.1) is 13.8 Å². The molecule has 5 nitrogen and oxygen atoms in total. The molecule has 0 bridgehead atoms. The summed E-state index contributed by atoms with van der Waals surface area (Å²) in [4.78, 5) is 4.15. The van der Waals surface area contributed by atoms with Crippen LogP contribution < -0.4 is 10.5 Å². The molecule has 0 aliphatic rings. The van der Waals surface area contributed by atoms with Crippen molar-refractivity contribution in [2.45, 2.75) is 26.9 Å². The Kier molecular flexibility index (Phi) is 4.16. The number of ether oxygens (including phenoxy) is 1. The fourth-order valence-electron chi connectivity index (χ4n) is 2.17. The van der Waals surface area contributed by atoms with Crippen LogP contribution in [-0.2, 0) is 20.1 Å². The smallest absolute Gasteiger partial charge is 0.164 e. The van der Waals surface area contributed by atoms with Gasteiger partial charge in [-0.25, -0.2) is 4.98 Å². The predicted molar refractivity (Wildman–Crippen MR) is 74.0 cm³/mol. The number of benzene rings is 1. The molecule has 0 aliphatic heterocycles. The third kappa shape index (κ3) is 3.12. The highest BCUT2D eigenvalue weighted by atomic mass is 16.5. The normalized spacial score (nSPS) is 10.7. The molecule has 0 atom stereocenters. The Bertz CT molecular complexity index is 539. The van der Waals surface area contributed by atoms with Gasteiger partial charge in [0.2, 0.25) is 0 Å². The largest absolute Gasteiger partial charge is 0.485 e. The van der Waals surface area contributed by atoms with Gasteiger partial charge in [-0.15, -0.1) is 0 Å². The lowest BCUT2D eigenvalue weighted by Crippen LogP contribution is -2.07. The van der Waals surface area contributed by atoms with Gasteiger partial charge in [0.1, 0.15) is 18.7 Å². The number of hydrogen-bond acceptors (Lipinski definition) is 4. The molecule has 19 heavy (non-hydrogen) atoms. The average molecular weight is 260 g/mol. The third-order valence-corrected chi connectivity index (χ3v) is 3.10. The zero-order chi connectivity index (χ0) is 13.8. The maximum Gasteiger partial charge on any atom is 0.164 e. The summed E-state index contributed by atoms with van der Waals surface area (Å²) in [6.45, 7) is 5.20. The van der Waals surface area contributed by atoms with Crippen molar-refractivity contribution in [1.29, 1.82) is 0 Å². The van der Waals surface area contributed by atoms with Gasteiger partial charge in [0.15, 0.2) is 5.82 Å². The molecule has 0 spiro atoms. The lowest BCUT2D eigenvalue weighted by atomic mass is 10.0. The van der Waals surface area contributed by atoms with Gasteiger partial charge in [0, 0.05) is 7.05 Å². The van der Waals surface area contributed by atoms with E-state index in [1.165, 1.54) is 11.9 Å². The second-order valence-corrected chi connectivity index (χ2v) is 4.69. The second kappa shape index (κ2) is 5.84. The van der Waals surface area contributed by atoms with Gasteiger partial charge in [-0.2, -0.15) is 5.10 Å². The van der Waals surface area contributed by atoms with Gasteiger partial charge in [-0.3, -0.25) is 4.68 Å². The van der Waals surface area contributed by atoms with E-state index in [4.69, 9.17) is 10.5 Å². The first-order valence-electron chi connectivity index (χ1n) is 6.37. The average Bonchev–Trinajstić information content (AvgIpc) is 2.74. The lowest BCUT2D eigenvalue weighted by molar-refractivity contribution is 0.286. The van der Waals surface area contributed by atoms with Crippen molar-refractivity contribution in [3.8, 4) is 5.75 Å². The van der Waals surface area contributed by atoms with Crippen molar-refractivity contribution < 1.29 is 4.74 Å². The van der Waals surface area contributed by atoms with Crippen LogP contribution in [0.3, 0.4) is 0 Å². The maximum atomic E-state index is 5.87. The molecule has 1 heterocycles. The molecule has 102 valence electrons. The molecule has 0 saturated carbocycles. The molecule has 5 heteroatoms. The molecule has 2 rings (SSSR count). The highest BCUT2D eigenvalue weighted by Crippen LogP contribution is 2.25. The highest BCUT2D eigenvalue weighted by Gasteiger charge is 2.08. The molecule has 1 aromatic carbocycles. The molecule has 0 saturated heterocycles. The van der Waals surface area contributed by atoms with Gasteiger partial charge in [0.05, 0.1) is 0 Å². The molecule has 0 aliphatic carbocycles. The van der Waals surface area contributed by atoms with Gasteiger partial charge in [0.25, 0.3) is 0 Å². The fourth-order valence-corrected chi connectivity index (χ4v) is 2.17. The Morgan fingerprint density at radius 2 is 1.95 bits per heavy atom. The molecule has 1 aromatic heterocycles. The quantitative estimate of drug-likeness (QED) is 0.885. The van der Waals surface area contributed by atoms with E-state index in [1.54, 1.807) is 4.68 Å². The van der Waals surface area contributed by atoms with Gasteiger partial charge in [-0.05, 0) is 43.5 Å². The molecule has 2 N–H and O–H groups in total. The van der Waals surface area contributed by atoms with E-state index in [1.807, 2.05) is 7.05 Å². The number of hydrogen-bond donors (Lipinski definition) is 1. The van der Waals surface area contributed by atoms with Crippen LogP contribution in [-0.4, -0.2) is 21.3 Å². The molecule has 2 aromatic rings. The first-order valence-corrected chi connectivity index (χ1v) is 6.37. The highest BCUT2D eigenvalue weighted by molar-refractivity contribution is 5.43. The number of nitrogens with two attached hydrogens (primary N) is 1. The van der Waals surface area contributed by atoms with E-state index in [9.17, 15) is 0 Å². The Hall–Kier alpha value is -1.88. The van der Waals surface area contributed by atoms with Crippen molar-refractivity contribution in [1.82, 2.24) is 14.8 Å². The van der Waals surface area contributed by atoms with Crippen LogP contribution in [0.1, 0.15) is 22.5 Å². The van der Waals surface area contributed by atoms with E-state index in [0.717, 1.165) is 29.1 Å². The van der Waals surface area contributed by atoms with Crippen molar-refractivity contribution in [2.24, 2.45) is 12.8 Å². The number of aryl methyl sites for hydroxylation is 3. The van der Waals surface area contributed by atoms with Gasteiger partial charge < -0.3 is 10.5 Å². The summed E-state index contributed by atoms with van der Waals surface area (Å²) in [5.41, 5.74) is 9.10. The zero-order valence-corrected chi connectivity index (χ0v) is 11.7. The van der Waals surface area contributed by atoms with Crippen LogP contribution in [0.2, 0.25) is 0 Å². The molecule has 0 fully saturated rings. The summed E-state index contributed by atoms with van der Waals surface area (Å²) >= 11 is 0. The summed E-state index contributed by atoms with van der Waals surface area (Å²) in [6, 6.07) is 4.26. The summed E-state index contributed by atoms with van der Waals surface area (Å²) in [6.07, 6.45) is 2.42. The van der Waals surface area contributed by atoms with Gasteiger partial charge in [-0.1, -0.05) is 12.1 Å². The predicted octanol–water partition coefficient (Wildman–Crippen LogP) is 1.51. The van der Waals surface area contributed by atoms with Gasteiger partial charge >= 0.3 is 0 Å². The van der Waals surface area contributed by atoms with E-state index in [-0.39, 0.29) is 0 Å². The van der Waals surface area contributed by atoms with Crippen molar-refractivity contribution >= 4 is 0 Å². The standard InChI is InChI=1S/C14H20N4O/c1-10-6-12(4-5-15)7-11(2)14(10)19-8-13-16-9-17-18(13)3/h6-7,9H,4-5,8,15H2,1-3H3. The first kappa shape index (κ1) is 13.5. The molecule has 0 unspecified atom stereocenters.